The molecule has 13 nitrogen and oxygen atoms in total. The minimum atomic E-state index is -0.960. The van der Waals surface area contributed by atoms with Crippen LogP contribution < -0.4 is 11.1 Å². The number of Topliss-reactive ketones (excluding diaryl/α,β-unsaturated/α-hetero) is 2. The first-order chi connectivity index (χ1) is 46.9. The molecular weight excluding hydrogens is 1430 g/mol. The predicted molar refractivity (Wildman–Crippen MR) is 279 cm³/mol. The van der Waals surface area contributed by atoms with Gasteiger partial charge in [0.05, 0.1) is 36.0 Å². The first kappa shape index (κ1) is 101. The minimum absolute atomic E-state index is 0.0225. The minimum Gasteiger partial charge on any atom is -0.477 e. The number of hydrogen-bond acceptors (Lipinski definition) is 9. The van der Waals surface area contributed by atoms with Gasteiger partial charge in [0.25, 0.3) is 5.91 Å². The molecule has 4 atom stereocenters. The number of ketones is 2. The summed E-state index contributed by atoms with van der Waals surface area (Å²) in [5.74, 6) is -4.93. The SMILES string of the molecule is Cc1ccc2ncc(C(=O)Nc3cc(C(=O)C[C@@H]4c5ccc(F)cc5C[C@@H]4O)ccc3F)n2c1.Cc1ccc2ncc(C(=O)O)n2c1.FF.FF.FF.FF.FF.FF.FF.FF.FF.FF.FF.FF.FF.FF.Nc1cc(C(=O)C[C@@H]2c3ccc(F)cc3C[C@@H]2O)ccc1F. The van der Waals surface area contributed by atoms with E-state index in [-0.39, 0.29) is 70.9 Å². The highest BCUT2D eigenvalue weighted by molar-refractivity contribution is 6.05. The molecule has 4 heterocycles. The molecule has 97 heavy (non-hydrogen) atoms. The fraction of sp³-hybridized carbons (Fsp3) is 0.192. The van der Waals surface area contributed by atoms with Gasteiger partial charge in [0.1, 0.15) is 40.3 Å². The number of amides is 1. The number of carbonyl (C=O) groups is 4. The van der Waals surface area contributed by atoms with Crippen LogP contribution in [0.1, 0.15) is 99.8 Å². The Balaban J connectivity index is -0.000000223. The molecule has 0 saturated heterocycles. The smallest absolute Gasteiger partial charge is 0.354 e. The lowest BCUT2D eigenvalue weighted by Crippen LogP contribution is -2.18. The molecule has 0 spiro atoms. The summed E-state index contributed by atoms with van der Waals surface area (Å²) in [5.41, 5.74) is 12.3. The zero-order valence-electron chi connectivity index (χ0n) is 47.6. The molecule has 4 aromatic carbocycles. The maximum atomic E-state index is 14.5. The van der Waals surface area contributed by atoms with Crippen LogP contribution in [0.2, 0.25) is 0 Å². The third-order valence-electron chi connectivity index (χ3n) is 12.2. The number of benzene rings is 4. The zero-order chi connectivity index (χ0) is 77.3. The van der Waals surface area contributed by atoms with Crippen LogP contribution in [0, 0.1) is 37.1 Å². The highest BCUT2D eigenvalue weighted by Gasteiger charge is 2.34. The van der Waals surface area contributed by atoms with Crippen molar-refractivity contribution in [1.29, 1.82) is 0 Å². The van der Waals surface area contributed by atoms with E-state index in [0.29, 0.717) is 28.8 Å². The van der Waals surface area contributed by atoms with Crippen molar-refractivity contribution in [2.75, 3.05) is 11.1 Å². The fourth-order valence-corrected chi connectivity index (χ4v) is 8.70. The number of nitrogens with two attached hydrogens (primary N) is 1. The van der Waals surface area contributed by atoms with E-state index in [1.165, 1.54) is 60.9 Å². The lowest BCUT2D eigenvalue weighted by Gasteiger charge is -2.15. The van der Waals surface area contributed by atoms with E-state index in [9.17, 15) is 47.0 Å². The monoisotopic (exact) mass is 1470 g/mol. The summed E-state index contributed by atoms with van der Waals surface area (Å²) in [6.07, 6.45) is 5.39. The Morgan fingerprint density at radius 1 is 0.464 bits per heavy atom. The number of aryl methyl sites for hydroxylation is 2. The fourth-order valence-electron chi connectivity index (χ4n) is 8.70. The normalized spacial score (nSPS) is 12.8. The number of nitrogens with zero attached hydrogens (tertiary/aromatic N) is 4. The number of carbonyl (C=O) groups excluding carboxylic acids is 3. The number of halogens is 32. The second-order valence-corrected chi connectivity index (χ2v) is 17.0. The van der Waals surface area contributed by atoms with E-state index >= 15 is 0 Å². The van der Waals surface area contributed by atoms with E-state index in [2.05, 4.69) is 15.3 Å². The average molecular weight is 1470 g/mol. The van der Waals surface area contributed by atoms with Gasteiger partial charge in [-0.3, -0.25) is 23.2 Å². The Labute approximate surface area is 520 Å². The Hall–Kier alpha value is -9.98. The van der Waals surface area contributed by atoms with E-state index < -0.39 is 47.5 Å². The Kier molecular flexibility index (Phi) is 63.2. The van der Waals surface area contributed by atoms with Crippen molar-refractivity contribution in [3.8, 4) is 0 Å². The number of nitrogen functional groups attached to an aromatic ring is 1. The van der Waals surface area contributed by atoms with E-state index in [4.69, 9.17) is 139 Å². The largest absolute Gasteiger partial charge is 0.477 e. The number of aromatic carboxylic acids is 1. The van der Waals surface area contributed by atoms with Crippen molar-refractivity contribution in [2.24, 2.45) is 0 Å². The van der Waals surface area contributed by atoms with Gasteiger partial charge in [0.2, 0.25) is 0 Å². The molecule has 1 amide bonds. The molecule has 8 aromatic rings. The number of hydrogen-bond donors (Lipinski definition) is 5. The number of anilines is 2. The summed E-state index contributed by atoms with van der Waals surface area (Å²) in [7, 11) is 0. The maximum absolute atomic E-state index is 14.5. The number of nitrogens with one attached hydrogen (secondary N) is 1. The quantitative estimate of drug-likeness (QED) is 0.0526. The van der Waals surface area contributed by atoms with Crippen LogP contribution in [0.3, 0.4) is 0 Å². The molecule has 0 unspecified atom stereocenters. The number of rotatable bonds is 9. The number of aromatic nitrogens is 4. The number of carboxylic acid groups (broad SMARTS) is 1. The molecule has 0 bridgehead atoms. The maximum Gasteiger partial charge on any atom is 0.354 e. The first-order valence-corrected chi connectivity index (χ1v) is 23.7. The lowest BCUT2D eigenvalue weighted by atomic mass is 9.91. The molecule has 0 saturated carbocycles. The van der Waals surface area contributed by atoms with Crippen LogP contribution in [-0.4, -0.2) is 69.7 Å². The average Bonchev–Trinajstić information content (AvgIpc) is 1.69. The molecule has 0 radical (unpaired) electrons. The van der Waals surface area contributed by atoms with Crippen molar-refractivity contribution in [3.05, 3.63) is 201 Å². The van der Waals surface area contributed by atoms with Crippen LogP contribution in [0.5, 0.6) is 0 Å². The standard InChI is InChI=1S/C26H21F2N3O3.C17H15F2NO2.C9H8N2O2.14F2/c1-14-2-7-25-29-12-22(31(25)13-14)26(34)30-21-9-15(3-6-20(21)28)23(32)11-19-18-5-4-17(27)8-16(18)10-24(19)33;18-11-2-3-12-10(5-11)7-17(22)13(12)8-16(21)9-1-4-14(19)15(20)6-9;1-6-2-3-8-10-4-7(9(12)13)11(8)5-6;14*1-2/h2-9,12-13,19,24,33H,10-11H2,1H3,(H,30,34);1-6,13,17,22H,7-8,20H2;2-5H,1H3,(H,12,13);;;;;;;;;;;;;;/t19-,24+;13-,17+;;;;;;;;;;;;;;;/m11.............../s1. The van der Waals surface area contributed by atoms with Gasteiger partial charge in [0, 0.05) is 176 Å². The van der Waals surface area contributed by atoms with E-state index in [1.54, 1.807) is 45.5 Å². The van der Waals surface area contributed by atoms with Crippen molar-refractivity contribution in [1.82, 2.24) is 18.8 Å². The third-order valence-corrected chi connectivity index (χ3v) is 12.2. The number of carboxylic acids is 1. The molecule has 2 aliphatic carbocycles. The number of pyridine rings is 2. The predicted octanol–water partition coefficient (Wildman–Crippen LogP) is 20.4. The second-order valence-electron chi connectivity index (χ2n) is 17.0. The van der Waals surface area contributed by atoms with Gasteiger partial charge < -0.3 is 26.4 Å². The molecule has 548 valence electrons. The van der Waals surface area contributed by atoms with Crippen LogP contribution >= 0.6 is 0 Å². The Morgan fingerprint density at radius 3 is 1.16 bits per heavy atom. The molecule has 2 aliphatic rings. The first-order valence-electron chi connectivity index (χ1n) is 23.7. The molecular formula is C52H44F32N6O7. The number of imidazole rings is 2. The number of aliphatic hydroxyl groups excluding tert-OH is 2. The summed E-state index contributed by atoms with van der Waals surface area (Å²) in [5, 5.41) is 31.9. The molecule has 4 aromatic heterocycles. The lowest BCUT2D eigenvalue weighted by molar-refractivity contribution is 0.0688. The van der Waals surface area contributed by atoms with Gasteiger partial charge in [-0.05, 0) is 133 Å². The zero-order valence-corrected chi connectivity index (χ0v) is 47.6. The van der Waals surface area contributed by atoms with Gasteiger partial charge in [-0.1, -0.05) is 24.3 Å². The summed E-state index contributed by atoms with van der Waals surface area (Å²) in [6, 6.07) is 23.5. The molecule has 10 rings (SSSR count). The van der Waals surface area contributed by atoms with Crippen molar-refractivity contribution in [3.63, 3.8) is 0 Å². The van der Waals surface area contributed by atoms with E-state index in [1.807, 2.05) is 26.0 Å². The summed E-state index contributed by atoms with van der Waals surface area (Å²) >= 11 is 0. The van der Waals surface area contributed by atoms with Gasteiger partial charge >= 0.3 is 5.97 Å². The highest BCUT2D eigenvalue weighted by atomic mass is 20.0. The van der Waals surface area contributed by atoms with Gasteiger partial charge in [0.15, 0.2) is 17.3 Å². The number of aliphatic hydroxyl groups is 2. The molecule has 6 N–H and O–H groups in total. The molecule has 0 aliphatic heterocycles. The Morgan fingerprint density at radius 2 is 0.804 bits per heavy atom. The van der Waals surface area contributed by atoms with Crippen LogP contribution in [0.15, 0.2) is 122 Å². The van der Waals surface area contributed by atoms with Crippen molar-refractivity contribution < 1.29 is 180 Å². The van der Waals surface area contributed by atoms with Gasteiger partial charge in [-0.15, -0.1) is 0 Å². The van der Waals surface area contributed by atoms with Crippen LogP contribution in [0.25, 0.3) is 11.3 Å². The van der Waals surface area contributed by atoms with Crippen LogP contribution in [0.4, 0.5) is 157 Å². The third kappa shape index (κ3) is 31.9. The van der Waals surface area contributed by atoms with Gasteiger partial charge in [-0.2, -0.15) is 0 Å². The van der Waals surface area contributed by atoms with Crippen molar-refractivity contribution >= 4 is 46.1 Å². The summed E-state index contributed by atoms with van der Waals surface area (Å²) < 4.78 is 282. The second kappa shape index (κ2) is 60.9. The summed E-state index contributed by atoms with van der Waals surface area (Å²) in [4.78, 5) is 57.0. The van der Waals surface area contributed by atoms with Crippen LogP contribution in [-0.2, 0) is 12.8 Å². The van der Waals surface area contributed by atoms with Gasteiger partial charge in [-0.25, -0.2) is 32.3 Å². The topological polar surface area (TPSA) is 202 Å². The Bertz CT molecular complexity index is 3380. The number of fused-ring (bicyclic) bond motifs is 4. The summed E-state index contributed by atoms with van der Waals surface area (Å²) in [6.45, 7) is 3.79. The van der Waals surface area contributed by atoms with Crippen molar-refractivity contribution in [2.45, 2.75) is 63.6 Å². The highest BCUT2D eigenvalue weighted by Crippen LogP contribution is 2.39. The molecule has 0 fully saturated rings. The molecule has 45 heteroatoms. The van der Waals surface area contributed by atoms with E-state index in [0.717, 1.165) is 39.9 Å².